The first kappa shape index (κ1) is 20.1. The van der Waals surface area contributed by atoms with Crippen LogP contribution in [-0.2, 0) is 18.4 Å². The highest BCUT2D eigenvalue weighted by Gasteiger charge is 2.36. The summed E-state index contributed by atoms with van der Waals surface area (Å²) < 4.78 is 10.6. The summed E-state index contributed by atoms with van der Waals surface area (Å²) in [4.78, 5) is 23.8. The van der Waals surface area contributed by atoms with E-state index in [1.165, 1.54) is 0 Å². The minimum atomic E-state index is -2.92. The van der Waals surface area contributed by atoms with E-state index < -0.39 is 32.6 Å². The molecule has 124 valence electrons. The van der Waals surface area contributed by atoms with Gasteiger partial charge in [0.25, 0.3) is 0 Å². The number of carbonyl (C=O) groups excluding carboxylic acids is 2. The molecule has 2 atom stereocenters. The lowest BCUT2D eigenvalue weighted by Gasteiger charge is -2.26. The van der Waals surface area contributed by atoms with Gasteiger partial charge in [-0.1, -0.05) is 27.7 Å². The second-order valence-electron chi connectivity index (χ2n) is 6.71. The van der Waals surface area contributed by atoms with E-state index in [0.717, 1.165) is 0 Å². The SMILES string of the molecule is CC(C)C[C@H](N)C(=O)O[Si](C)(C)OC(=O)[C@@H](N)CC(C)C. The van der Waals surface area contributed by atoms with Crippen molar-refractivity contribution in [2.45, 2.75) is 65.7 Å². The Morgan fingerprint density at radius 3 is 1.38 bits per heavy atom. The van der Waals surface area contributed by atoms with Crippen LogP contribution in [0, 0.1) is 11.8 Å². The predicted octanol–water partition coefficient (Wildman–Crippen LogP) is 1.52. The number of nitrogens with two attached hydrogens (primary N) is 2. The molecule has 0 saturated carbocycles. The largest absolute Gasteiger partial charge is 0.484 e. The Balaban J connectivity index is 4.48. The lowest BCUT2D eigenvalue weighted by Crippen LogP contribution is -2.48. The number of hydrogen-bond donors (Lipinski definition) is 2. The monoisotopic (exact) mass is 318 g/mol. The predicted molar refractivity (Wildman–Crippen MR) is 84.5 cm³/mol. The van der Waals surface area contributed by atoms with E-state index in [-0.39, 0.29) is 0 Å². The van der Waals surface area contributed by atoms with Crippen molar-refractivity contribution in [1.29, 1.82) is 0 Å². The van der Waals surface area contributed by atoms with Gasteiger partial charge >= 0.3 is 20.5 Å². The van der Waals surface area contributed by atoms with Crippen molar-refractivity contribution in [3.05, 3.63) is 0 Å². The summed E-state index contributed by atoms with van der Waals surface area (Å²) >= 11 is 0. The van der Waals surface area contributed by atoms with Crippen LogP contribution in [0.4, 0.5) is 0 Å². The maximum absolute atomic E-state index is 11.9. The van der Waals surface area contributed by atoms with Crippen molar-refractivity contribution in [2.24, 2.45) is 23.3 Å². The third-order valence-corrected chi connectivity index (χ3v) is 4.13. The van der Waals surface area contributed by atoms with E-state index >= 15 is 0 Å². The van der Waals surface area contributed by atoms with E-state index in [9.17, 15) is 9.59 Å². The van der Waals surface area contributed by atoms with Crippen LogP contribution in [0.3, 0.4) is 0 Å². The van der Waals surface area contributed by atoms with Gasteiger partial charge in [0.1, 0.15) is 12.1 Å². The van der Waals surface area contributed by atoms with Gasteiger partial charge in [-0.25, -0.2) is 0 Å². The highest BCUT2D eigenvalue weighted by atomic mass is 28.4. The van der Waals surface area contributed by atoms with Crippen molar-refractivity contribution in [3.63, 3.8) is 0 Å². The smallest absolute Gasteiger partial charge is 0.457 e. The Hall–Kier alpha value is -0.923. The first-order chi connectivity index (χ1) is 9.44. The molecule has 0 aromatic carbocycles. The Morgan fingerprint density at radius 2 is 1.14 bits per heavy atom. The van der Waals surface area contributed by atoms with Gasteiger partial charge in [0.2, 0.25) is 0 Å². The fraction of sp³-hybridized carbons (Fsp3) is 0.857. The van der Waals surface area contributed by atoms with Crippen LogP contribution in [0.1, 0.15) is 40.5 Å². The average molecular weight is 318 g/mol. The molecule has 0 spiro atoms. The molecular weight excluding hydrogens is 288 g/mol. The van der Waals surface area contributed by atoms with Gasteiger partial charge in [-0.2, -0.15) is 0 Å². The van der Waals surface area contributed by atoms with Gasteiger partial charge in [-0.15, -0.1) is 0 Å². The Labute approximate surface area is 128 Å². The van der Waals surface area contributed by atoms with Gasteiger partial charge in [0.05, 0.1) is 0 Å². The van der Waals surface area contributed by atoms with Crippen LogP contribution in [0.2, 0.25) is 13.1 Å². The van der Waals surface area contributed by atoms with Gasteiger partial charge in [-0.3, -0.25) is 9.59 Å². The summed E-state index contributed by atoms with van der Waals surface area (Å²) in [5, 5.41) is 0. The maximum atomic E-state index is 11.9. The quantitative estimate of drug-likeness (QED) is 0.657. The molecule has 0 amide bonds. The van der Waals surface area contributed by atoms with Crippen LogP contribution in [0.25, 0.3) is 0 Å². The molecule has 4 N–H and O–H groups in total. The highest BCUT2D eigenvalue weighted by Crippen LogP contribution is 2.13. The topological polar surface area (TPSA) is 105 Å². The molecule has 0 bridgehead atoms. The number of hydrogen-bond acceptors (Lipinski definition) is 6. The molecule has 0 aromatic rings. The summed E-state index contributed by atoms with van der Waals surface area (Å²) in [5.41, 5.74) is 11.5. The van der Waals surface area contributed by atoms with Crippen LogP contribution in [-0.4, -0.2) is 32.6 Å². The van der Waals surface area contributed by atoms with E-state index in [1.807, 2.05) is 27.7 Å². The summed E-state index contributed by atoms with van der Waals surface area (Å²) in [5.74, 6) is -0.463. The van der Waals surface area contributed by atoms with Gasteiger partial charge in [-0.05, 0) is 24.7 Å². The van der Waals surface area contributed by atoms with E-state index in [1.54, 1.807) is 13.1 Å². The Morgan fingerprint density at radius 1 is 0.857 bits per heavy atom. The molecule has 21 heavy (non-hydrogen) atoms. The second-order valence-corrected chi connectivity index (χ2v) is 9.92. The zero-order valence-electron chi connectivity index (χ0n) is 14.0. The molecule has 0 aromatic heterocycles. The lowest BCUT2D eigenvalue weighted by atomic mass is 10.1. The molecule has 0 aliphatic carbocycles. The van der Waals surface area contributed by atoms with E-state index in [2.05, 4.69) is 0 Å². The molecule has 0 rings (SSSR count). The van der Waals surface area contributed by atoms with Crippen LogP contribution in [0.15, 0.2) is 0 Å². The van der Waals surface area contributed by atoms with E-state index in [4.69, 9.17) is 20.3 Å². The summed E-state index contributed by atoms with van der Waals surface area (Å²) in [7, 11) is -2.92. The molecule has 6 nitrogen and oxygen atoms in total. The lowest BCUT2D eigenvalue weighted by molar-refractivity contribution is -0.143. The zero-order chi connectivity index (χ0) is 16.8. The summed E-state index contributed by atoms with van der Waals surface area (Å²) in [6.07, 6.45) is 1.06. The van der Waals surface area contributed by atoms with Crippen molar-refractivity contribution < 1.29 is 18.4 Å². The zero-order valence-corrected chi connectivity index (χ0v) is 15.0. The molecule has 0 saturated heterocycles. The molecular formula is C14H30N2O4Si. The Bertz CT molecular complexity index is 327. The van der Waals surface area contributed by atoms with Gasteiger partial charge in [0.15, 0.2) is 0 Å². The third kappa shape index (κ3) is 8.85. The van der Waals surface area contributed by atoms with Crippen LogP contribution in [0.5, 0.6) is 0 Å². The minimum absolute atomic E-state index is 0.291. The maximum Gasteiger partial charge on any atom is 0.457 e. The van der Waals surface area contributed by atoms with Crippen molar-refractivity contribution >= 4 is 20.5 Å². The highest BCUT2D eigenvalue weighted by molar-refractivity contribution is 6.67. The third-order valence-electron chi connectivity index (χ3n) is 2.75. The minimum Gasteiger partial charge on any atom is -0.484 e. The van der Waals surface area contributed by atoms with Gasteiger partial charge < -0.3 is 20.3 Å². The summed E-state index contributed by atoms with van der Waals surface area (Å²) in [6.45, 7) is 11.2. The molecule has 0 unspecified atom stereocenters. The summed E-state index contributed by atoms with van der Waals surface area (Å²) in [6, 6.07) is -1.39. The van der Waals surface area contributed by atoms with Gasteiger partial charge in [0, 0.05) is 13.1 Å². The Kier molecular flexibility index (Phi) is 8.13. The first-order valence-corrected chi connectivity index (χ1v) is 10.2. The average Bonchev–Trinajstić information content (AvgIpc) is 2.25. The molecule has 0 heterocycles. The van der Waals surface area contributed by atoms with Crippen molar-refractivity contribution in [2.75, 3.05) is 0 Å². The molecule has 0 radical (unpaired) electrons. The number of carbonyl (C=O) groups is 2. The normalized spacial score (nSPS) is 15.0. The fourth-order valence-corrected chi connectivity index (χ4v) is 3.18. The van der Waals surface area contributed by atoms with Crippen molar-refractivity contribution in [3.8, 4) is 0 Å². The molecule has 0 fully saturated rings. The van der Waals surface area contributed by atoms with Crippen molar-refractivity contribution in [1.82, 2.24) is 0 Å². The second kappa shape index (κ2) is 8.50. The standard InChI is InChI=1S/C14H30N2O4Si/c1-9(2)7-11(15)13(17)19-21(5,6)20-14(18)12(16)8-10(3)4/h9-12H,7-8,15-16H2,1-6H3/t11-,12-/m0/s1. The number of rotatable bonds is 8. The van der Waals surface area contributed by atoms with Crippen LogP contribution >= 0.6 is 0 Å². The fourth-order valence-electron chi connectivity index (χ4n) is 1.86. The molecule has 7 heteroatoms. The molecule has 0 aliphatic heterocycles. The first-order valence-electron chi connectivity index (χ1n) is 7.41. The van der Waals surface area contributed by atoms with Crippen LogP contribution < -0.4 is 11.5 Å². The molecule has 0 aliphatic rings. The van der Waals surface area contributed by atoms with E-state index in [0.29, 0.717) is 24.7 Å².